The molecule has 0 unspecified atom stereocenters. The molecule has 0 amide bonds. The van der Waals surface area contributed by atoms with E-state index in [4.69, 9.17) is 23.2 Å². The predicted molar refractivity (Wildman–Crippen MR) is 97.7 cm³/mol. The van der Waals surface area contributed by atoms with Crippen molar-refractivity contribution in [3.8, 4) is 0 Å². The maximum atomic E-state index is 6.40. The van der Waals surface area contributed by atoms with Crippen molar-refractivity contribution in [3.63, 3.8) is 0 Å². The molecule has 1 aliphatic rings. The van der Waals surface area contributed by atoms with Crippen LogP contribution in [0.5, 0.6) is 0 Å². The van der Waals surface area contributed by atoms with Crippen LogP contribution in [0, 0.1) is 0 Å². The minimum absolute atomic E-state index is 0. The third-order valence-corrected chi connectivity index (χ3v) is 4.31. The van der Waals surface area contributed by atoms with Gasteiger partial charge in [0, 0.05) is 42.3 Å². The van der Waals surface area contributed by atoms with E-state index >= 15 is 0 Å². The van der Waals surface area contributed by atoms with Crippen molar-refractivity contribution >= 4 is 48.0 Å². The van der Waals surface area contributed by atoms with Crippen molar-refractivity contribution in [3.05, 3.63) is 33.8 Å². The number of halogens is 4. The average Bonchev–Trinajstić information content (AvgIpc) is 2.42. The van der Waals surface area contributed by atoms with E-state index in [1.54, 1.807) is 0 Å². The lowest BCUT2D eigenvalue weighted by molar-refractivity contribution is 0.163. The van der Waals surface area contributed by atoms with Gasteiger partial charge in [0.25, 0.3) is 0 Å². The van der Waals surface area contributed by atoms with Crippen molar-refractivity contribution in [1.29, 1.82) is 0 Å². The third kappa shape index (κ3) is 6.13. The van der Waals surface area contributed by atoms with E-state index in [1.165, 1.54) is 18.4 Å². The molecule has 1 aromatic carbocycles. The van der Waals surface area contributed by atoms with Gasteiger partial charge in [-0.15, -0.1) is 24.8 Å². The molecule has 0 radical (unpaired) electrons. The molecule has 122 valence electrons. The zero-order valence-corrected chi connectivity index (χ0v) is 15.4. The van der Waals surface area contributed by atoms with Crippen LogP contribution < -0.4 is 5.32 Å². The summed E-state index contributed by atoms with van der Waals surface area (Å²) >= 11 is 12.4. The maximum Gasteiger partial charge on any atom is 0.0468 e. The van der Waals surface area contributed by atoms with Crippen LogP contribution in [-0.2, 0) is 0 Å². The Bertz CT molecular complexity index is 409. The van der Waals surface area contributed by atoms with Crippen LogP contribution in [0.15, 0.2) is 18.2 Å². The lowest BCUT2D eigenvalue weighted by Gasteiger charge is -2.35. The van der Waals surface area contributed by atoms with Crippen LogP contribution in [0.1, 0.15) is 37.8 Å². The van der Waals surface area contributed by atoms with Gasteiger partial charge in [-0.3, -0.25) is 4.90 Å². The highest BCUT2D eigenvalue weighted by Gasteiger charge is 2.23. The van der Waals surface area contributed by atoms with Gasteiger partial charge in [0.2, 0.25) is 0 Å². The SMILES string of the molecule is CCCC[C@@H](c1ccc(Cl)cc1Cl)N1CCNCC1.Cl.Cl. The first kappa shape index (κ1) is 21.3. The predicted octanol–water partition coefficient (Wildman–Crippen LogP) is 4.97. The summed E-state index contributed by atoms with van der Waals surface area (Å²) in [5, 5.41) is 4.91. The molecule has 2 rings (SSSR count). The highest BCUT2D eigenvalue weighted by molar-refractivity contribution is 6.35. The molecule has 0 spiro atoms. The van der Waals surface area contributed by atoms with E-state index in [1.807, 2.05) is 12.1 Å². The smallest absolute Gasteiger partial charge is 0.0468 e. The normalized spacial score (nSPS) is 16.7. The number of benzene rings is 1. The van der Waals surface area contributed by atoms with Crippen LogP contribution in [-0.4, -0.2) is 31.1 Å². The number of hydrogen-bond donors (Lipinski definition) is 1. The fourth-order valence-electron chi connectivity index (χ4n) is 2.70. The third-order valence-electron chi connectivity index (χ3n) is 3.74. The van der Waals surface area contributed by atoms with Gasteiger partial charge in [0.05, 0.1) is 0 Å². The minimum Gasteiger partial charge on any atom is -0.314 e. The fourth-order valence-corrected chi connectivity index (χ4v) is 3.23. The van der Waals surface area contributed by atoms with E-state index < -0.39 is 0 Å². The first-order chi connectivity index (χ1) is 9.22. The van der Waals surface area contributed by atoms with Crippen LogP contribution >= 0.6 is 48.0 Å². The number of piperazine rings is 1. The molecule has 1 atom stereocenters. The molecule has 1 fully saturated rings. The van der Waals surface area contributed by atoms with Crippen molar-refractivity contribution in [2.45, 2.75) is 32.2 Å². The summed E-state index contributed by atoms with van der Waals surface area (Å²) in [5.41, 5.74) is 1.22. The molecule has 1 saturated heterocycles. The van der Waals surface area contributed by atoms with Gasteiger partial charge in [-0.05, 0) is 24.1 Å². The summed E-state index contributed by atoms with van der Waals surface area (Å²) in [4.78, 5) is 2.54. The molecule has 0 saturated carbocycles. The minimum atomic E-state index is 0. The van der Waals surface area contributed by atoms with Gasteiger partial charge in [-0.25, -0.2) is 0 Å². The summed E-state index contributed by atoms with van der Waals surface area (Å²) < 4.78 is 0. The van der Waals surface area contributed by atoms with E-state index in [9.17, 15) is 0 Å². The molecule has 1 heterocycles. The summed E-state index contributed by atoms with van der Waals surface area (Å²) in [6, 6.07) is 6.32. The molecule has 2 nitrogen and oxygen atoms in total. The topological polar surface area (TPSA) is 15.3 Å². The molecule has 0 bridgehead atoms. The van der Waals surface area contributed by atoms with E-state index in [0.29, 0.717) is 11.1 Å². The van der Waals surface area contributed by atoms with Gasteiger partial charge < -0.3 is 5.32 Å². The second-order valence-electron chi connectivity index (χ2n) is 5.11. The summed E-state index contributed by atoms with van der Waals surface area (Å²) in [6.07, 6.45) is 3.61. The molecule has 6 heteroatoms. The van der Waals surface area contributed by atoms with Crippen LogP contribution in [0.25, 0.3) is 0 Å². The Balaban J connectivity index is 0.00000200. The first-order valence-electron chi connectivity index (χ1n) is 7.12. The fraction of sp³-hybridized carbons (Fsp3) is 0.600. The van der Waals surface area contributed by atoms with Crippen molar-refractivity contribution in [2.75, 3.05) is 26.2 Å². The lowest BCUT2D eigenvalue weighted by atomic mass is 9.98. The van der Waals surface area contributed by atoms with Gasteiger partial charge in [0.15, 0.2) is 0 Å². The van der Waals surface area contributed by atoms with Crippen molar-refractivity contribution in [1.82, 2.24) is 10.2 Å². The Hall–Kier alpha value is 0.300. The number of hydrogen-bond acceptors (Lipinski definition) is 2. The Labute approximate surface area is 150 Å². The Morgan fingerprint density at radius 1 is 1.19 bits per heavy atom. The molecule has 21 heavy (non-hydrogen) atoms. The van der Waals surface area contributed by atoms with Crippen LogP contribution in [0.2, 0.25) is 10.0 Å². The van der Waals surface area contributed by atoms with E-state index in [2.05, 4.69) is 23.2 Å². The lowest BCUT2D eigenvalue weighted by Crippen LogP contribution is -2.45. The highest BCUT2D eigenvalue weighted by Crippen LogP contribution is 2.33. The average molecular weight is 374 g/mol. The van der Waals surface area contributed by atoms with E-state index in [-0.39, 0.29) is 24.8 Å². The molecule has 0 aromatic heterocycles. The summed E-state index contributed by atoms with van der Waals surface area (Å²) in [7, 11) is 0. The highest BCUT2D eigenvalue weighted by atomic mass is 35.5. The van der Waals surface area contributed by atoms with Gasteiger partial charge in [-0.2, -0.15) is 0 Å². The summed E-state index contributed by atoms with van der Waals surface area (Å²) in [5.74, 6) is 0. The number of nitrogens with one attached hydrogen (secondary N) is 1. The maximum absolute atomic E-state index is 6.40. The molecular formula is C15H24Cl4N2. The largest absolute Gasteiger partial charge is 0.314 e. The molecule has 0 aliphatic carbocycles. The Morgan fingerprint density at radius 3 is 2.43 bits per heavy atom. The van der Waals surface area contributed by atoms with Crippen molar-refractivity contribution in [2.24, 2.45) is 0 Å². The molecule has 1 N–H and O–H groups in total. The van der Waals surface area contributed by atoms with Crippen LogP contribution in [0.4, 0.5) is 0 Å². The first-order valence-corrected chi connectivity index (χ1v) is 7.87. The second-order valence-corrected chi connectivity index (χ2v) is 5.95. The summed E-state index contributed by atoms with van der Waals surface area (Å²) in [6.45, 7) is 6.54. The van der Waals surface area contributed by atoms with Crippen LogP contribution in [0.3, 0.4) is 0 Å². The Kier molecular flexibility index (Phi) is 11.1. The monoisotopic (exact) mass is 372 g/mol. The zero-order valence-electron chi connectivity index (χ0n) is 12.3. The zero-order chi connectivity index (χ0) is 13.7. The molecule has 1 aromatic rings. The number of unbranched alkanes of at least 4 members (excludes halogenated alkanes) is 1. The van der Waals surface area contributed by atoms with Gasteiger partial charge in [-0.1, -0.05) is 49.0 Å². The molecular weight excluding hydrogens is 350 g/mol. The quantitative estimate of drug-likeness (QED) is 0.783. The number of rotatable bonds is 5. The standard InChI is InChI=1S/C15H22Cl2N2.2ClH/c1-2-3-4-15(19-9-7-18-8-10-19)13-6-5-12(16)11-14(13)17;;/h5-6,11,15,18H,2-4,7-10H2,1H3;2*1H/t15-;;/m0../s1. The molecule has 1 aliphatic heterocycles. The van der Waals surface area contributed by atoms with Crippen molar-refractivity contribution < 1.29 is 0 Å². The second kappa shape index (κ2) is 10.9. The van der Waals surface area contributed by atoms with Gasteiger partial charge in [0.1, 0.15) is 0 Å². The number of nitrogens with zero attached hydrogens (tertiary/aromatic N) is 1. The Morgan fingerprint density at radius 2 is 1.86 bits per heavy atom. The van der Waals surface area contributed by atoms with Gasteiger partial charge >= 0.3 is 0 Å². The van der Waals surface area contributed by atoms with E-state index in [0.717, 1.165) is 37.6 Å².